The second-order valence-corrected chi connectivity index (χ2v) is 7.67. The fourth-order valence-corrected chi connectivity index (χ4v) is 3.41. The van der Waals surface area contributed by atoms with Crippen molar-refractivity contribution >= 4 is 21.6 Å². The molecule has 2 aromatic carbocycles. The highest BCUT2D eigenvalue weighted by atomic mass is 32.2. The van der Waals surface area contributed by atoms with Gasteiger partial charge < -0.3 is 10.1 Å². The van der Waals surface area contributed by atoms with Gasteiger partial charge in [0.25, 0.3) is 5.91 Å². The molecule has 1 amide bonds. The van der Waals surface area contributed by atoms with E-state index in [-0.39, 0.29) is 12.1 Å². The molecule has 0 bridgehead atoms. The molecule has 0 fully saturated rings. The zero-order chi connectivity index (χ0) is 20.6. The number of amides is 1. The van der Waals surface area contributed by atoms with Gasteiger partial charge in [0.15, 0.2) is 0 Å². The van der Waals surface area contributed by atoms with Crippen LogP contribution < -0.4 is 14.8 Å². The molecule has 0 aliphatic rings. The standard InChI is InChI=1S/C20H23FN2O4S/c1-3-5-13-27-18-9-7-6-8-17(18)23-20(24)15-10-11-16(21)19(14-15)28(25,26)22-12-4-2/h4,6-11,14,22H,2-3,5,12-13H2,1H3,(H,23,24). The van der Waals surface area contributed by atoms with Crippen molar-refractivity contribution in [3.63, 3.8) is 0 Å². The van der Waals surface area contributed by atoms with Crippen LogP contribution >= 0.6 is 0 Å². The molecule has 6 nitrogen and oxygen atoms in total. The monoisotopic (exact) mass is 406 g/mol. The molecular weight excluding hydrogens is 383 g/mol. The van der Waals surface area contributed by atoms with Crippen LogP contribution in [0.25, 0.3) is 0 Å². The van der Waals surface area contributed by atoms with Crippen LogP contribution in [0.4, 0.5) is 10.1 Å². The summed E-state index contributed by atoms with van der Waals surface area (Å²) in [5, 5.41) is 2.68. The van der Waals surface area contributed by atoms with Gasteiger partial charge in [0, 0.05) is 12.1 Å². The summed E-state index contributed by atoms with van der Waals surface area (Å²) in [6.45, 7) is 5.91. The zero-order valence-electron chi connectivity index (χ0n) is 15.6. The van der Waals surface area contributed by atoms with Crippen molar-refractivity contribution in [2.75, 3.05) is 18.5 Å². The van der Waals surface area contributed by atoms with Gasteiger partial charge >= 0.3 is 0 Å². The van der Waals surface area contributed by atoms with Crippen LogP contribution in [0.3, 0.4) is 0 Å². The second-order valence-electron chi connectivity index (χ2n) is 5.94. The molecular formula is C20H23FN2O4S. The number of nitrogens with one attached hydrogen (secondary N) is 2. The highest BCUT2D eigenvalue weighted by Gasteiger charge is 2.21. The highest BCUT2D eigenvalue weighted by Crippen LogP contribution is 2.25. The molecule has 0 saturated heterocycles. The fourth-order valence-electron chi connectivity index (χ4n) is 2.31. The van der Waals surface area contributed by atoms with Crippen molar-refractivity contribution in [2.45, 2.75) is 24.7 Å². The molecule has 0 heterocycles. The molecule has 150 valence electrons. The van der Waals surface area contributed by atoms with E-state index in [1.54, 1.807) is 24.3 Å². The van der Waals surface area contributed by atoms with E-state index >= 15 is 0 Å². The van der Waals surface area contributed by atoms with Crippen molar-refractivity contribution in [3.05, 3.63) is 66.5 Å². The minimum atomic E-state index is -4.11. The molecule has 0 saturated carbocycles. The molecule has 0 atom stereocenters. The first-order valence-electron chi connectivity index (χ1n) is 8.82. The predicted molar refractivity (Wildman–Crippen MR) is 107 cm³/mol. The molecule has 0 unspecified atom stereocenters. The van der Waals surface area contributed by atoms with Crippen LogP contribution in [-0.4, -0.2) is 27.5 Å². The number of rotatable bonds is 10. The van der Waals surface area contributed by atoms with Crippen LogP contribution in [0.5, 0.6) is 5.75 Å². The minimum absolute atomic E-state index is 0.00346. The van der Waals surface area contributed by atoms with E-state index in [1.165, 1.54) is 12.1 Å². The third-order valence-corrected chi connectivity index (χ3v) is 5.23. The maximum absolute atomic E-state index is 14.0. The van der Waals surface area contributed by atoms with Crippen LogP contribution in [0, 0.1) is 5.82 Å². The van der Waals surface area contributed by atoms with Gasteiger partial charge in [-0.25, -0.2) is 17.5 Å². The van der Waals surface area contributed by atoms with Gasteiger partial charge in [-0.05, 0) is 36.8 Å². The Balaban J connectivity index is 2.24. The fraction of sp³-hybridized carbons (Fsp3) is 0.250. The largest absolute Gasteiger partial charge is 0.491 e. The second kappa shape index (κ2) is 10.0. The third kappa shape index (κ3) is 5.64. The predicted octanol–water partition coefficient (Wildman–Crippen LogP) is 3.72. The van der Waals surface area contributed by atoms with Crippen molar-refractivity contribution in [1.29, 1.82) is 0 Å². The molecule has 0 aliphatic carbocycles. The number of sulfonamides is 1. The summed E-state index contributed by atoms with van der Waals surface area (Å²) in [6.07, 6.45) is 3.18. The number of carbonyl (C=O) groups excluding carboxylic acids is 1. The molecule has 0 aromatic heterocycles. The summed E-state index contributed by atoms with van der Waals surface area (Å²) in [4.78, 5) is 12.0. The number of halogens is 1. The summed E-state index contributed by atoms with van der Waals surface area (Å²) >= 11 is 0. The van der Waals surface area contributed by atoms with Gasteiger partial charge in [-0.15, -0.1) is 6.58 Å². The van der Waals surface area contributed by atoms with E-state index in [9.17, 15) is 17.6 Å². The average Bonchev–Trinajstić information content (AvgIpc) is 2.68. The number of benzene rings is 2. The molecule has 2 N–H and O–H groups in total. The zero-order valence-corrected chi connectivity index (χ0v) is 16.4. The first-order chi connectivity index (χ1) is 13.4. The smallest absolute Gasteiger partial charge is 0.255 e. The summed E-state index contributed by atoms with van der Waals surface area (Å²) < 4.78 is 46.3. The number of carbonyl (C=O) groups is 1. The first kappa shape index (κ1) is 21.6. The molecule has 0 spiro atoms. The van der Waals surface area contributed by atoms with Crippen molar-refractivity contribution in [3.8, 4) is 5.75 Å². The summed E-state index contributed by atoms with van der Waals surface area (Å²) in [6, 6.07) is 10.1. The Morgan fingerprint density at radius 1 is 1.25 bits per heavy atom. The van der Waals surface area contributed by atoms with Gasteiger partial charge in [-0.2, -0.15) is 0 Å². The van der Waals surface area contributed by atoms with Crippen molar-refractivity contribution in [1.82, 2.24) is 4.72 Å². The lowest BCUT2D eigenvalue weighted by molar-refractivity contribution is 0.102. The quantitative estimate of drug-likeness (QED) is 0.465. The number of para-hydroxylation sites is 2. The number of hydrogen-bond acceptors (Lipinski definition) is 4. The SMILES string of the molecule is C=CCNS(=O)(=O)c1cc(C(=O)Nc2ccccc2OCCCC)ccc1F. The van der Waals surface area contributed by atoms with E-state index < -0.39 is 26.6 Å². The normalized spacial score (nSPS) is 11.1. The van der Waals surface area contributed by atoms with E-state index in [0.717, 1.165) is 25.0 Å². The lowest BCUT2D eigenvalue weighted by Gasteiger charge is -2.13. The molecule has 8 heteroatoms. The Morgan fingerprint density at radius 3 is 2.71 bits per heavy atom. The molecule has 2 rings (SSSR count). The summed E-state index contributed by atoms with van der Waals surface area (Å²) in [5.74, 6) is -1.02. The third-order valence-electron chi connectivity index (χ3n) is 3.79. The van der Waals surface area contributed by atoms with Gasteiger partial charge in [0.2, 0.25) is 10.0 Å². The molecule has 0 radical (unpaired) electrons. The summed E-state index contributed by atoms with van der Waals surface area (Å²) in [5.41, 5.74) is 0.450. The molecule has 28 heavy (non-hydrogen) atoms. The Bertz CT molecular complexity index is 945. The van der Waals surface area contributed by atoms with Crippen LogP contribution in [0.15, 0.2) is 60.0 Å². The number of anilines is 1. The average molecular weight is 406 g/mol. The Kier molecular flexibility index (Phi) is 7.71. The highest BCUT2D eigenvalue weighted by molar-refractivity contribution is 7.89. The van der Waals surface area contributed by atoms with Crippen molar-refractivity contribution in [2.24, 2.45) is 0 Å². The van der Waals surface area contributed by atoms with Crippen LogP contribution in [0.1, 0.15) is 30.1 Å². The maximum Gasteiger partial charge on any atom is 0.255 e. The van der Waals surface area contributed by atoms with Gasteiger partial charge in [0.05, 0.1) is 12.3 Å². The van der Waals surface area contributed by atoms with Gasteiger partial charge in [-0.3, -0.25) is 4.79 Å². The van der Waals surface area contributed by atoms with Crippen LogP contribution in [0.2, 0.25) is 0 Å². The van der Waals surface area contributed by atoms with E-state index in [0.29, 0.717) is 18.0 Å². The lowest BCUT2D eigenvalue weighted by Crippen LogP contribution is -2.25. The van der Waals surface area contributed by atoms with Gasteiger partial charge in [-0.1, -0.05) is 31.6 Å². The Morgan fingerprint density at radius 2 is 2.00 bits per heavy atom. The van der Waals surface area contributed by atoms with Gasteiger partial charge in [0.1, 0.15) is 16.5 Å². The van der Waals surface area contributed by atoms with E-state index in [1.807, 2.05) is 6.92 Å². The lowest BCUT2D eigenvalue weighted by atomic mass is 10.2. The summed E-state index contributed by atoms with van der Waals surface area (Å²) in [7, 11) is -4.11. The topological polar surface area (TPSA) is 84.5 Å². The molecule has 2 aromatic rings. The number of hydrogen-bond donors (Lipinski definition) is 2. The maximum atomic E-state index is 14.0. The van der Waals surface area contributed by atoms with E-state index in [2.05, 4.69) is 16.6 Å². The minimum Gasteiger partial charge on any atom is -0.491 e. The Hall–Kier alpha value is -2.71. The number of ether oxygens (including phenoxy) is 1. The van der Waals surface area contributed by atoms with Crippen molar-refractivity contribution < 1.29 is 22.3 Å². The molecule has 0 aliphatic heterocycles. The Labute approximate surface area is 164 Å². The van der Waals surface area contributed by atoms with Crippen LogP contribution in [-0.2, 0) is 10.0 Å². The number of unbranched alkanes of at least 4 members (excludes halogenated alkanes) is 1. The first-order valence-corrected chi connectivity index (χ1v) is 10.3. The van der Waals surface area contributed by atoms with E-state index in [4.69, 9.17) is 4.74 Å².